The number of methoxy groups -OCH3 is 1. The molecule has 1 heterocycles. The number of hydrogen-bond donors (Lipinski definition) is 1. The number of rotatable bonds is 5. The van der Waals surface area contributed by atoms with Crippen LogP contribution < -0.4 is 10.1 Å². The summed E-state index contributed by atoms with van der Waals surface area (Å²) in [4.78, 5) is 16.5. The molecule has 0 saturated carbocycles. The molecule has 0 aliphatic carbocycles. The predicted molar refractivity (Wildman–Crippen MR) is 90.8 cm³/mol. The fourth-order valence-electron chi connectivity index (χ4n) is 1.99. The Labute approximate surface area is 141 Å². The molecule has 7 nitrogen and oxygen atoms in total. The molecule has 0 fully saturated rings. The summed E-state index contributed by atoms with van der Waals surface area (Å²) in [5.41, 5.74) is 1.31. The monoisotopic (exact) mass is 349 g/mol. The minimum atomic E-state index is -3.62. The summed E-state index contributed by atoms with van der Waals surface area (Å²) in [6, 6.07) is 7.83. The first-order valence-electron chi connectivity index (χ1n) is 7.10. The first-order chi connectivity index (χ1) is 11.3. The molecule has 2 rings (SSSR count). The fraction of sp³-hybridized carbons (Fsp3) is 0.250. The number of carbonyl (C=O) groups is 1. The minimum absolute atomic E-state index is 0.105. The molecule has 0 aliphatic heterocycles. The van der Waals surface area contributed by atoms with E-state index in [0.717, 1.165) is 4.31 Å². The molecule has 2 aromatic rings. The molecule has 1 N–H and O–H groups in total. The number of carbonyl (C=O) groups excluding carboxylic acids is 1. The Morgan fingerprint density at radius 1 is 1.21 bits per heavy atom. The second-order valence-electron chi connectivity index (χ2n) is 5.31. The molecule has 0 atom stereocenters. The average Bonchev–Trinajstić information content (AvgIpc) is 2.55. The number of anilines is 1. The van der Waals surface area contributed by atoms with E-state index in [-0.39, 0.29) is 10.5 Å². The molecule has 1 aromatic heterocycles. The second-order valence-corrected chi connectivity index (χ2v) is 7.43. The van der Waals surface area contributed by atoms with E-state index < -0.39 is 15.9 Å². The maximum atomic E-state index is 12.4. The van der Waals surface area contributed by atoms with Crippen LogP contribution in [0.3, 0.4) is 0 Å². The third-order valence-corrected chi connectivity index (χ3v) is 5.37. The highest BCUT2D eigenvalue weighted by Crippen LogP contribution is 2.21. The highest BCUT2D eigenvalue weighted by molar-refractivity contribution is 7.89. The van der Waals surface area contributed by atoms with Crippen molar-refractivity contribution in [3.63, 3.8) is 0 Å². The van der Waals surface area contributed by atoms with E-state index in [4.69, 9.17) is 4.74 Å². The van der Waals surface area contributed by atoms with Gasteiger partial charge in [0, 0.05) is 25.7 Å². The van der Waals surface area contributed by atoms with Crippen LogP contribution in [0.5, 0.6) is 5.88 Å². The Morgan fingerprint density at radius 3 is 2.46 bits per heavy atom. The number of hydrogen-bond acceptors (Lipinski definition) is 5. The van der Waals surface area contributed by atoms with Gasteiger partial charge in [0.05, 0.1) is 23.9 Å². The Bertz CT molecular complexity index is 846. The molecule has 128 valence electrons. The predicted octanol–water partition coefficient (Wildman–Crippen LogP) is 1.90. The maximum absolute atomic E-state index is 12.4. The van der Waals surface area contributed by atoms with Crippen molar-refractivity contribution in [2.45, 2.75) is 11.8 Å². The Kier molecular flexibility index (Phi) is 5.20. The summed E-state index contributed by atoms with van der Waals surface area (Å²) in [6.45, 7) is 1.69. The number of aryl methyl sites for hydroxylation is 1. The average molecular weight is 349 g/mol. The van der Waals surface area contributed by atoms with E-state index in [2.05, 4.69) is 10.3 Å². The number of pyridine rings is 1. The number of nitrogens with zero attached hydrogens (tertiary/aromatic N) is 2. The molecule has 0 spiro atoms. The second kappa shape index (κ2) is 6.98. The van der Waals surface area contributed by atoms with Crippen molar-refractivity contribution in [2.75, 3.05) is 26.5 Å². The lowest BCUT2D eigenvalue weighted by Crippen LogP contribution is -2.23. The number of ether oxygens (including phenoxy) is 1. The van der Waals surface area contributed by atoms with Crippen molar-refractivity contribution >= 4 is 21.6 Å². The maximum Gasteiger partial charge on any atom is 0.255 e. The van der Waals surface area contributed by atoms with Crippen LogP contribution in [0, 0.1) is 6.92 Å². The highest BCUT2D eigenvalue weighted by Gasteiger charge is 2.21. The molecule has 0 saturated heterocycles. The molecule has 1 amide bonds. The largest absolute Gasteiger partial charge is 0.481 e. The van der Waals surface area contributed by atoms with Crippen molar-refractivity contribution < 1.29 is 17.9 Å². The normalized spacial score (nSPS) is 11.4. The molecule has 1 aromatic carbocycles. The smallest absolute Gasteiger partial charge is 0.255 e. The van der Waals surface area contributed by atoms with E-state index in [1.165, 1.54) is 33.5 Å². The number of amides is 1. The van der Waals surface area contributed by atoms with Gasteiger partial charge in [0.2, 0.25) is 15.9 Å². The molecule has 0 aliphatic rings. The number of benzene rings is 1. The van der Waals surface area contributed by atoms with Crippen LogP contribution in [0.4, 0.5) is 5.69 Å². The zero-order valence-electron chi connectivity index (χ0n) is 13.9. The third-order valence-electron chi connectivity index (χ3n) is 3.41. The number of nitrogens with one attached hydrogen (secondary N) is 1. The fourth-order valence-corrected chi connectivity index (χ4v) is 3.14. The van der Waals surface area contributed by atoms with E-state index >= 15 is 0 Å². The Hall–Kier alpha value is -2.45. The Morgan fingerprint density at radius 2 is 1.92 bits per heavy atom. The van der Waals surface area contributed by atoms with Crippen molar-refractivity contribution in [1.29, 1.82) is 0 Å². The molecule has 24 heavy (non-hydrogen) atoms. The molecular weight excluding hydrogens is 330 g/mol. The SMILES string of the molecule is COc1ccc(NC(=O)c2ccc(C)c(S(=O)(=O)N(C)C)c2)cn1. The summed E-state index contributed by atoms with van der Waals surface area (Å²) in [5.74, 6) is 0.0138. The Balaban J connectivity index is 2.30. The topological polar surface area (TPSA) is 88.6 Å². The van der Waals surface area contributed by atoms with Gasteiger partial charge in [-0.15, -0.1) is 0 Å². The summed E-state index contributed by atoms with van der Waals surface area (Å²) in [5, 5.41) is 2.67. The van der Waals surface area contributed by atoms with Crippen molar-refractivity contribution in [3.05, 3.63) is 47.7 Å². The van der Waals surface area contributed by atoms with Gasteiger partial charge in [-0.1, -0.05) is 6.07 Å². The van der Waals surface area contributed by atoms with Gasteiger partial charge >= 0.3 is 0 Å². The van der Waals surface area contributed by atoms with E-state index in [9.17, 15) is 13.2 Å². The van der Waals surface area contributed by atoms with Crippen LogP contribution in [0.25, 0.3) is 0 Å². The third kappa shape index (κ3) is 3.72. The van der Waals surface area contributed by atoms with E-state index in [1.54, 1.807) is 31.2 Å². The van der Waals surface area contributed by atoms with Gasteiger partial charge in [-0.3, -0.25) is 4.79 Å². The van der Waals surface area contributed by atoms with Gasteiger partial charge in [0.25, 0.3) is 5.91 Å². The number of aromatic nitrogens is 1. The van der Waals surface area contributed by atoms with Crippen LogP contribution in [-0.4, -0.2) is 44.8 Å². The zero-order valence-corrected chi connectivity index (χ0v) is 14.7. The minimum Gasteiger partial charge on any atom is -0.481 e. The molecule has 8 heteroatoms. The van der Waals surface area contributed by atoms with Gasteiger partial charge in [-0.25, -0.2) is 17.7 Å². The van der Waals surface area contributed by atoms with Crippen molar-refractivity contribution in [3.8, 4) is 5.88 Å². The lowest BCUT2D eigenvalue weighted by atomic mass is 10.1. The van der Waals surface area contributed by atoms with Gasteiger partial charge in [0.1, 0.15) is 0 Å². The lowest BCUT2D eigenvalue weighted by Gasteiger charge is -2.14. The lowest BCUT2D eigenvalue weighted by molar-refractivity contribution is 0.102. The van der Waals surface area contributed by atoms with Crippen LogP contribution in [-0.2, 0) is 10.0 Å². The highest BCUT2D eigenvalue weighted by atomic mass is 32.2. The van der Waals surface area contributed by atoms with Crippen LogP contribution in [0.15, 0.2) is 41.4 Å². The molecular formula is C16H19N3O4S. The standard InChI is InChI=1S/C16H19N3O4S/c1-11-5-6-12(9-14(11)24(21,22)19(2)3)16(20)18-13-7-8-15(23-4)17-10-13/h5-10H,1-4H3,(H,18,20). The van der Waals surface area contributed by atoms with Crippen LogP contribution >= 0.6 is 0 Å². The van der Waals surface area contributed by atoms with Gasteiger partial charge in [-0.2, -0.15) is 0 Å². The summed E-state index contributed by atoms with van der Waals surface area (Å²) >= 11 is 0. The molecule has 0 radical (unpaired) electrons. The van der Waals surface area contributed by atoms with Gasteiger partial charge in [0.15, 0.2) is 0 Å². The van der Waals surface area contributed by atoms with Crippen LogP contribution in [0.2, 0.25) is 0 Å². The quantitative estimate of drug-likeness (QED) is 0.891. The zero-order chi connectivity index (χ0) is 17.9. The summed E-state index contributed by atoms with van der Waals surface area (Å²) in [7, 11) is 0.777. The van der Waals surface area contributed by atoms with E-state index in [0.29, 0.717) is 17.1 Å². The summed E-state index contributed by atoms with van der Waals surface area (Å²) < 4.78 is 30.7. The molecule has 0 bridgehead atoms. The number of sulfonamides is 1. The molecule has 0 unspecified atom stereocenters. The van der Waals surface area contributed by atoms with Crippen molar-refractivity contribution in [2.24, 2.45) is 0 Å². The van der Waals surface area contributed by atoms with E-state index in [1.807, 2.05) is 0 Å². The van der Waals surface area contributed by atoms with Gasteiger partial charge < -0.3 is 10.1 Å². The first kappa shape index (κ1) is 17.9. The van der Waals surface area contributed by atoms with Crippen molar-refractivity contribution in [1.82, 2.24) is 9.29 Å². The van der Waals surface area contributed by atoms with Gasteiger partial charge in [-0.05, 0) is 30.7 Å². The summed E-state index contributed by atoms with van der Waals surface area (Å²) in [6.07, 6.45) is 1.46. The first-order valence-corrected chi connectivity index (χ1v) is 8.54. The van der Waals surface area contributed by atoms with Crippen LogP contribution in [0.1, 0.15) is 15.9 Å².